The van der Waals surface area contributed by atoms with Crippen molar-refractivity contribution in [2.45, 2.75) is 32.6 Å². The van der Waals surface area contributed by atoms with Crippen molar-refractivity contribution in [3.8, 4) is 0 Å². The molecular weight excluding hydrogens is 160 g/mol. The summed E-state index contributed by atoms with van der Waals surface area (Å²) < 4.78 is 0. The Labute approximate surface area is 79.2 Å². The third kappa shape index (κ3) is 0.853. The molecule has 0 spiro atoms. The summed E-state index contributed by atoms with van der Waals surface area (Å²) in [5.74, 6) is 3.36. The van der Waals surface area contributed by atoms with Crippen molar-refractivity contribution in [3.05, 3.63) is 11.6 Å². The SMILES string of the molecule is C/C=C1\C[C@H]2[C@@H]3CC[C@@H](C3)[C@H]2C1=O. The average Bonchev–Trinajstić information content (AvgIpc) is 2.76. The van der Waals surface area contributed by atoms with E-state index in [4.69, 9.17) is 0 Å². The molecule has 0 saturated heterocycles. The zero-order chi connectivity index (χ0) is 9.00. The molecule has 3 saturated carbocycles. The molecule has 0 aromatic carbocycles. The highest BCUT2D eigenvalue weighted by molar-refractivity contribution is 6.00. The number of rotatable bonds is 0. The third-order valence-corrected chi connectivity index (χ3v) is 4.51. The molecule has 0 unspecified atom stereocenters. The van der Waals surface area contributed by atoms with Crippen molar-refractivity contribution >= 4 is 5.78 Å². The monoisotopic (exact) mass is 176 g/mol. The summed E-state index contributed by atoms with van der Waals surface area (Å²) in [6.07, 6.45) is 7.23. The smallest absolute Gasteiger partial charge is 0.162 e. The van der Waals surface area contributed by atoms with E-state index < -0.39 is 0 Å². The number of ketones is 1. The van der Waals surface area contributed by atoms with Gasteiger partial charge in [-0.3, -0.25) is 4.79 Å². The van der Waals surface area contributed by atoms with Crippen molar-refractivity contribution in [3.63, 3.8) is 0 Å². The minimum Gasteiger partial charge on any atom is -0.294 e. The molecule has 2 bridgehead atoms. The Kier molecular flexibility index (Phi) is 1.47. The molecule has 0 aromatic heterocycles. The zero-order valence-corrected chi connectivity index (χ0v) is 8.12. The van der Waals surface area contributed by atoms with Crippen molar-refractivity contribution in [1.82, 2.24) is 0 Å². The minimum atomic E-state index is 0.449. The summed E-state index contributed by atoms with van der Waals surface area (Å²) >= 11 is 0. The lowest BCUT2D eigenvalue weighted by Gasteiger charge is -2.22. The minimum absolute atomic E-state index is 0.449. The number of Topliss-reactive ketones (excluding diaryl/α,β-unsaturated/α-hetero) is 1. The molecule has 3 aliphatic carbocycles. The Morgan fingerprint density at radius 1 is 1.31 bits per heavy atom. The van der Waals surface area contributed by atoms with Gasteiger partial charge in [-0.2, -0.15) is 0 Å². The molecule has 3 aliphatic rings. The van der Waals surface area contributed by atoms with Crippen molar-refractivity contribution in [2.75, 3.05) is 0 Å². The van der Waals surface area contributed by atoms with Gasteiger partial charge in [0.1, 0.15) is 0 Å². The summed E-state index contributed by atoms with van der Waals surface area (Å²) in [4.78, 5) is 11.9. The Balaban J connectivity index is 1.97. The van der Waals surface area contributed by atoms with E-state index in [1.807, 2.05) is 13.0 Å². The van der Waals surface area contributed by atoms with Crippen LogP contribution in [0.5, 0.6) is 0 Å². The zero-order valence-electron chi connectivity index (χ0n) is 8.12. The lowest BCUT2D eigenvalue weighted by Crippen LogP contribution is -2.21. The van der Waals surface area contributed by atoms with Crippen LogP contribution in [0.1, 0.15) is 32.6 Å². The van der Waals surface area contributed by atoms with Crippen LogP contribution in [0, 0.1) is 23.7 Å². The number of hydrogen-bond donors (Lipinski definition) is 0. The number of allylic oxidation sites excluding steroid dienone is 2. The van der Waals surface area contributed by atoms with Gasteiger partial charge in [0.2, 0.25) is 0 Å². The fourth-order valence-corrected chi connectivity index (χ4v) is 3.94. The maximum atomic E-state index is 11.9. The van der Waals surface area contributed by atoms with Gasteiger partial charge in [0.25, 0.3) is 0 Å². The molecule has 0 aliphatic heterocycles. The van der Waals surface area contributed by atoms with Gasteiger partial charge in [-0.25, -0.2) is 0 Å². The molecule has 0 N–H and O–H groups in total. The summed E-state index contributed by atoms with van der Waals surface area (Å²) in [6.45, 7) is 2.01. The van der Waals surface area contributed by atoms with Crippen LogP contribution in [0.3, 0.4) is 0 Å². The molecule has 0 amide bonds. The maximum absolute atomic E-state index is 11.9. The van der Waals surface area contributed by atoms with E-state index in [1.54, 1.807) is 0 Å². The van der Waals surface area contributed by atoms with Gasteiger partial charge < -0.3 is 0 Å². The highest BCUT2D eigenvalue weighted by Gasteiger charge is 2.54. The molecule has 13 heavy (non-hydrogen) atoms. The maximum Gasteiger partial charge on any atom is 0.162 e. The highest BCUT2D eigenvalue weighted by Crippen LogP contribution is 2.58. The first-order valence-electron chi connectivity index (χ1n) is 5.50. The van der Waals surface area contributed by atoms with Crippen LogP contribution in [-0.2, 0) is 4.79 Å². The number of carbonyl (C=O) groups excluding carboxylic acids is 1. The van der Waals surface area contributed by atoms with Gasteiger partial charge >= 0.3 is 0 Å². The third-order valence-electron chi connectivity index (χ3n) is 4.51. The first-order chi connectivity index (χ1) is 6.31. The van der Waals surface area contributed by atoms with Crippen LogP contribution in [0.4, 0.5) is 0 Å². The fourth-order valence-electron chi connectivity index (χ4n) is 3.94. The van der Waals surface area contributed by atoms with E-state index in [2.05, 4.69) is 0 Å². The molecule has 70 valence electrons. The number of carbonyl (C=O) groups is 1. The number of hydrogen-bond acceptors (Lipinski definition) is 1. The second-order valence-corrected chi connectivity index (χ2v) is 4.91. The standard InChI is InChI=1S/C12H16O/c1-2-7-6-10-8-3-4-9(5-8)11(10)12(7)13/h2,8-11H,3-6H2,1H3/b7-2+/t8-,9+,10+,11-/m1/s1. The van der Waals surface area contributed by atoms with Crippen LogP contribution in [0.15, 0.2) is 11.6 Å². The fraction of sp³-hybridized carbons (Fsp3) is 0.750. The lowest BCUT2D eigenvalue weighted by molar-refractivity contribution is -0.119. The molecule has 4 atom stereocenters. The van der Waals surface area contributed by atoms with Gasteiger partial charge in [-0.1, -0.05) is 6.08 Å². The van der Waals surface area contributed by atoms with Crippen LogP contribution >= 0.6 is 0 Å². The first kappa shape index (κ1) is 7.78. The molecular formula is C12H16O. The van der Waals surface area contributed by atoms with E-state index in [0.29, 0.717) is 11.7 Å². The van der Waals surface area contributed by atoms with Gasteiger partial charge in [0.15, 0.2) is 5.78 Å². The van der Waals surface area contributed by atoms with Crippen LogP contribution < -0.4 is 0 Å². The molecule has 1 heteroatoms. The van der Waals surface area contributed by atoms with Crippen molar-refractivity contribution < 1.29 is 4.79 Å². The molecule has 0 aromatic rings. The molecule has 0 radical (unpaired) electrons. The second-order valence-electron chi connectivity index (χ2n) is 4.91. The summed E-state index contributed by atoms with van der Waals surface area (Å²) in [7, 11) is 0. The lowest BCUT2D eigenvalue weighted by atomic mass is 9.81. The van der Waals surface area contributed by atoms with E-state index in [-0.39, 0.29) is 0 Å². The number of fused-ring (bicyclic) bond motifs is 5. The topological polar surface area (TPSA) is 17.1 Å². The van der Waals surface area contributed by atoms with Crippen molar-refractivity contribution in [1.29, 1.82) is 0 Å². The van der Waals surface area contributed by atoms with E-state index in [1.165, 1.54) is 19.3 Å². The van der Waals surface area contributed by atoms with Crippen LogP contribution in [0.25, 0.3) is 0 Å². The Morgan fingerprint density at radius 2 is 2.08 bits per heavy atom. The Hall–Kier alpha value is -0.590. The first-order valence-corrected chi connectivity index (χ1v) is 5.50. The molecule has 0 heterocycles. The Morgan fingerprint density at radius 3 is 2.77 bits per heavy atom. The molecule has 1 nitrogen and oxygen atoms in total. The van der Waals surface area contributed by atoms with Gasteiger partial charge in [-0.15, -0.1) is 0 Å². The summed E-state index contributed by atoms with van der Waals surface area (Å²) in [5.41, 5.74) is 1.13. The summed E-state index contributed by atoms with van der Waals surface area (Å²) in [6, 6.07) is 0. The molecule has 3 rings (SSSR count). The predicted octanol–water partition coefficient (Wildman–Crippen LogP) is 2.57. The molecule has 3 fully saturated rings. The summed E-state index contributed by atoms with van der Waals surface area (Å²) in [5, 5.41) is 0. The van der Waals surface area contributed by atoms with E-state index in [9.17, 15) is 4.79 Å². The largest absolute Gasteiger partial charge is 0.294 e. The van der Waals surface area contributed by atoms with Gasteiger partial charge in [0.05, 0.1) is 0 Å². The van der Waals surface area contributed by atoms with Gasteiger partial charge in [-0.05, 0) is 55.9 Å². The van der Waals surface area contributed by atoms with E-state index in [0.717, 1.165) is 29.7 Å². The normalized spacial score (nSPS) is 50.5. The quantitative estimate of drug-likeness (QED) is 0.518. The highest BCUT2D eigenvalue weighted by atomic mass is 16.1. The van der Waals surface area contributed by atoms with Crippen molar-refractivity contribution in [2.24, 2.45) is 23.7 Å². The second kappa shape index (κ2) is 2.46. The predicted molar refractivity (Wildman–Crippen MR) is 51.2 cm³/mol. The van der Waals surface area contributed by atoms with Crippen LogP contribution in [-0.4, -0.2) is 5.78 Å². The van der Waals surface area contributed by atoms with E-state index >= 15 is 0 Å². The Bertz CT molecular complexity index is 289. The average molecular weight is 176 g/mol. The van der Waals surface area contributed by atoms with Gasteiger partial charge in [0, 0.05) is 5.92 Å². The van der Waals surface area contributed by atoms with Crippen LogP contribution in [0.2, 0.25) is 0 Å².